The van der Waals surface area contributed by atoms with Gasteiger partial charge in [-0.3, -0.25) is 4.79 Å². The molecule has 2 aromatic rings. The standard InChI is InChI=1S/C15H21N3O2S/c1-10-6-5-7-12-14(10)16-15(21-9-13(19)20)18(12)11(2)8-17(3)4/h5-7,11H,8-9H2,1-4H3,(H,19,20). The lowest BCUT2D eigenvalue weighted by Gasteiger charge is -2.21. The normalized spacial score (nSPS) is 13.0. The number of thioether (sulfide) groups is 1. The maximum atomic E-state index is 10.8. The van der Waals surface area contributed by atoms with E-state index in [0.29, 0.717) is 0 Å². The summed E-state index contributed by atoms with van der Waals surface area (Å²) in [5.41, 5.74) is 3.13. The second-order valence-electron chi connectivity index (χ2n) is 5.50. The van der Waals surface area contributed by atoms with Gasteiger partial charge in [-0.15, -0.1) is 0 Å². The molecule has 0 amide bonds. The van der Waals surface area contributed by atoms with E-state index < -0.39 is 5.97 Å². The Bertz CT molecular complexity index is 652. The first kappa shape index (κ1) is 15.9. The van der Waals surface area contributed by atoms with E-state index in [1.54, 1.807) is 0 Å². The molecule has 21 heavy (non-hydrogen) atoms. The third-order valence-corrected chi connectivity index (χ3v) is 4.22. The predicted molar refractivity (Wildman–Crippen MR) is 86.1 cm³/mol. The van der Waals surface area contributed by atoms with Gasteiger partial charge in [0.2, 0.25) is 0 Å². The van der Waals surface area contributed by atoms with Crippen LogP contribution in [0.25, 0.3) is 11.0 Å². The quantitative estimate of drug-likeness (QED) is 0.831. The molecule has 6 heteroatoms. The molecule has 0 spiro atoms. The second kappa shape index (κ2) is 6.49. The minimum atomic E-state index is -0.824. The van der Waals surface area contributed by atoms with Gasteiger partial charge in [-0.1, -0.05) is 23.9 Å². The molecular weight excluding hydrogens is 286 g/mol. The van der Waals surface area contributed by atoms with Gasteiger partial charge in [-0.25, -0.2) is 4.98 Å². The molecule has 0 saturated carbocycles. The minimum Gasteiger partial charge on any atom is -0.481 e. The zero-order chi connectivity index (χ0) is 15.6. The lowest BCUT2D eigenvalue weighted by Crippen LogP contribution is -2.23. The van der Waals surface area contributed by atoms with Crippen LogP contribution in [0.3, 0.4) is 0 Å². The highest BCUT2D eigenvalue weighted by molar-refractivity contribution is 7.99. The fraction of sp³-hybridized carbons (Fsp3) is 0.467. The number of aromatic nitrogens is 2. The van der Waals surface area contributed by atoms with Crippen molar-refractivity contribution in [3.63, 3.8) is 0 Å². The Kier molecular flexibility index (Phi) is 4.90. The Hall–Kier alpha value is -1.53. The van der Waals surface area contributed by atoms with Crippen molar-refractivity contribution in [2.75, 3.05) is 26.4 Å². The third-order valence-electron chi connectivity index (χ3n) is 3.28. The molecular formula is C15H21N3O2S. The monoisotopic (exact) mass is 307 g/mol. The van der Waals surface area contributed by atoms with Gasteiger partial charge in [-0.05, 0) is 39.6 Å². The Balaban J connectivity index is 2.49. The van der Waals surface area contributed by atoms with Gasteiger partial charge < -0.3 is 14.6 Å². The van der Waals surface area contributed by atoms with Crippen LogP contribution in [0.2, 0.25) is 0 Å². The highest BCUT2D eigenvalue weighted by Crippen LogP contribution is 2.29. The number of para-hydroxylation sites is 1. The largest absolute Gasteiger partial charge is 0.481 e. The number of hydrogen-bond acceptors (Lipinski definition) is 4. The fourth-order valence-corrected chi connectivity index (χ4v) is 3.33. The first-order chi connectivity index (χ1) is 9.90. The van der Waals surface area contributed by atoms with Crippen molar-refractivity contribution in [3.8, 4) is 0 Å². The topological polar surface area (TPSA) is 58.4 Å². The van der Waals surface area contributed by atoms with E-state index in [1.165, 1.54) is 11.8 Å². The zero-order valence-corrected chi connectivity index (χ0v) is 13.6. The number of rotatable bonds is 6. The molecule has 1 aromatic heterocycles. The minimum absolute atomic E-state index is 0.0249. The van der Waals surface area contributed by atoms with E-state index in [9.17, 15) is 4.79 Å². The van der Waals surface area contributed by atoms with Gasteiger partial charge in [0.15, 0.2) is 5.16 Å². The smallest absolute Gasteiger partial charge is 0.313 e. The van der Waals surface area contributed by atoms with E-state index in [4.69, 9.17) is 5.11 Å². The number of imidazole rings is 1. The third kappa shape index (κ3) is 3.57. The highest BCUT2D eigenvalue weighted by Gasteiger charge is 2.18. The predicted octanol–water partition coefficient (Wildman–Crippen LogP) is 2.64. The number of carboxylic acid groups (broad SMARTS) is 1. The molecule has 1 atom stereocenters. The molecule has 1 heterocycles. The lowest BCUT2D eigenvalue weighted by atomic mass is 10.2. The Morgan fingerprint density at radius 2 is 2.19 bits per heavy atom. The average molecular weight is 307 g/mol. The molecule has 0 saturated heterocycles. The number of likely N-dealkylation sites (N-methyl/N-ethyl adjacent to an activating group) is 1. The Labute approximate surface area is 129 Å². The summed E-state index contributed by atoms with van der Waals surface area (Å²) in [4.78, 5) is 17.6. The fourth-order valence-electron chi connectivity index (χ4n) is 2.50. The van der Waals surface area contributed by atoms with Crippen molar-refractivity contribution in [1.82, 2.24) is 14.5 Å². The first-order valence-electron chi connectivity index (χ1n) is 6.87. The molecule has 0 bridgehead atoms. The van der Waals surface area contributed by atoms with E-state index in [0.717, 1.165) is 28.3 Å². The summed E-state index contributed by atoms with van der Waals surface area (Å²) in [6.07, 6.45) is 0. The van der Waals surface area contributed by atoms with Crippen molar-refractivity contribution in [2.45, 2.75) is 25.0 Å². The summed E-state index contributed by atoms with van der Waals surface area (Å²) >= 11 is 1.28. The summed E-state index contributed by atoms with van der Waals surface area (Å²) in [6.45, 7) is 5.04. The Morgan fingerprint density at radius 3 is 2.81 bits per heavy atom. The SMILES string of the molecule is Cc1cccc2c1nc(SCC(=O)O)n2C(C)CN(C)C. The number of carboxylic acids is 1. The van der Waals surface area contributed by atoms with Crippen molar-refractivity contribution in [2.24, 2.45) is 0 Å². The van der Waals surface area contributed by atoms with Gasteiger partial charge >= 0.3 is 5.97 Å². The number of fused-ring (bicyclic) bond motifs is 1. The van der Waals surface area contributed by atoms with Crippen LogP contribution in [0.4, 0.5) is 0 Å². The number of aliphatic carboxylic acids is 1. The lowest BCUT2D eigenvalue weighted by molar-refractivity contribution is -0.133. The summed E-state index contributed by atoms with van der Waals surface area (Å²) in [7, 11) is 4.07. The number of aryl methyl sites for hydroxylation is 1. The van der Waals surface area contributed by atoms with E-state index in [-0.39, 0.29) is 11.8 Å². The van der Waals surface area contributed by atoms with Gasteiger partial charge in [0, 0.05) is 12.6 Å². The molecule has 0 aliphatic rings. The molecule has 5 nitrogen and oxygen atoms in total. The molecule has 1 unspecified atom stereocenters. The van der Waals surface area contributed by atoms with Crippen LogP contribution in [0.5, 0.6) is 0 Å². The summed E-state index contributed by atoms with van der Waals surface area (Å²) < 4.78 is 2.15. The van der Waals surface area contributed by atoms with Crippen molar-refractivity contribution in [1.29, 1.82) is 0 Å². The van der Waals surface area contributed by atoms with Crippen molar-refractivity contribution >= 4 is 28.8 Å². The maximum Gasteiger partial charge on any atom is 0.313 e. The number of nitrogens with zero attached hydrogens (tertiary/aromatic N) is 3. The number of benzene rings is 1. The molecule has 0 aliphatic heterocycles. The van der Waals surface area contributed by atoms with Crippen LogP contribution in [-0.2, 0) is 4.79 Å². The first-order valence-corrected chi connectivity index (χ1v) is 7.85. The molecule has 114 valence electrons. The van der Waals surface area contributed by atoms with Gasteiger partial charge in [0.05, 0.1) is 16.8 Å². The summed E-state index contributed by atoms with van der Waals surface area (Å²) in [5.74, 6) is -0.799. The summed E-state index contributed by atoms with van der Waals surface area (Å²) in [6, 6.07) is 6.32. The van der Waals surface area contributed by atoms with Crippen LogP contribution in [0.1, 0.15) is 18.5 Å². The van der Waals surface area contributed by atoms with Crippen LogP contribution in [0.15, 0.2) is 23.4 Å². The molecule has 0 radical (unpaired) electrons. The number of carbonyl (C=O) groups is 1. The molecule has 0 aliphatic carbocycles. The van der Waals surface area contributed by atoms with Crippen LogP contribution >= 0.6 is 11.8 Å². The molecule has 1 aromatic carbocycles. The number of hydrogen-bond donors (Lipinski definition) is 1. The van der Waals surface area contributed by atoms with Crippen LogP contribution in [-0.4, -0.2) is 51.9 Å². The van der Waals surface area contributed by atoms with Crippen molar-refractivity contribution in [3.05, 3.63) is 23.8 Å². The van der Waals surface area contributed by atoms with Gasteiger partial charge in [0.1, 0.15) is 0 Å². The Morgan fingerprint density at radius 1 is 1.48 bits per heavy atom. The molecule has 2 rings (SSSR count). The van der Waals surface area contributed by atoms with Crippen LogP contribution < -0.4 is 0 Å². The van der Waals surface area contributed by atoms with E-state index >= 15 is 0 Å². The second-order valence-corrected chi connectivity index (χ2v) is 6.44. The van der Waals surface area contributed by atoms with Crippen molar-refractivity contribution < 1.29 is 9.90 Å². The van der Waals surface area contributed by atoms with Crippen LogP contribution in [0, 0.1) is 6.92 Å². The molecule has 0 fully saturated rings. The highest BCUT2D eigenvalue weighted by atomic mass is 32.2. The zero-order valence-electron chi connectivity index (χ0n) is 12.8. The van der Waals surface area contributed by atoms with E-state index in [1.807, 2.05) is 39.2 Å². The van der Waals surface area contributed by atoms with Gasteiger partial charge in [0.25, 0.3) is 0 Å². The van der Waals surface area contributed by atoms with E-state index in [2.05, 4.69) is 21.4 Å². The maximum absolute atomic E-state index is 10.8. The summed E-state index contributed by atoms with van der Waals surface area (Å²) in [5, 5.41) is 9.69. The van der Waals surface area contributed by atoms with Gasteiger partial charge in [-0.2, -0.15) is 0 Å². The average Bonchev–Trinajstić information content (AvgIpc) is 2.75. The molecule has 1 N–H and O–H groups in total.